The highest BCUT2D eigenvalue weighted by Crippen LogP contribution is 2.27. The molecule has 1 atom stereocenters. The molecule has 94 valence electrons. The minimum Gasteiger partial charge on any atom is -0.467 e. The van der Waals surface area contributed by atoms with Crippen LogP contribution >= 0.6 is 38.5 Å². The van der Waals surface area contributed by atoms with Crippen LogP contribution in [0.1, 0.15) is 18.6 Å². The molecule has 2 N–H and O–H groups in total. The molecule has 1 aromatic carbocycles. The number of nitrogen functional groups attached to an aromatic ring is 1. The monoisotopic (exact) mass is 419 g/mol. The maximum Gasteiger partial charge on any atom is 0.258 e. The largest absolute Gasteiger partial charge is 0.467 e. The van der Waals surface area contributed by atoms with E-state index in [1.165, 1.54) is 0 Å². The molecule has 0 bridgehead atoms. The van der Waals surface area contributed by atoms with E-state index in [1.54, 1.807) is 6.20 Å². The summed E-state index contributed by atoms with van der Waals surface area (Å²) >= 11 is 5.52. The van der Waals surface area contributed by atoms with Crippen LogP contribution in [-0.4, -0.2) is 9.97 Å². The zero-order valence-electron chi connectivity index (χ0n) is 9.60. The van der Waals surface area contributed by atoms with Crippen molar-refractivity contribution in [2.75, 3.05) is 5.73 Å². The van der Waals surface area contributed by atoms with E-state index in [1.807, 2.05) is 31.2 Å². The van der Waals surface area contributed by atoms with Crippen molar-refractivity contribution in [2.45, 2.75) is 13.0 Å². The number of benzene rings is 1. The lowest BCUT2D eigenvalue weighted by molar-refractivity contribution is 0.217. The van der Waals surface area contributed by atoms with Crippen LogP contribution in [0.15, 0.2) is 35.1 Å². The summed E-state index contributed by atoms with van der Waals surface area (Å²) in [7, 11) is 0. The van der Waals surface area contributed by atoms with Gasteiger partial charge in [-0.3, -0.25) is 0 Å². The first-order valence-corrected chi connectivity index (χ1v) is 7.14. The number of anilines is 1. The Morgan fingerprint density at radius 3 is 2.83 bits per heavy atom. The van der Waals surface area contributed by atoms with E-state index >= 15 is 0 Å². The summed E-state index contributed by atoms with van der Waals surface area (Å²) in [6.07, 6.45) is 1.41. The average molecular weight is 420 g/mol. The standard InChI is InChI=1S/C12H11BrIN3O/c1-7(8-4-2-3-5-9(8)14)18-12-11(15)16-6-10(13)17-12/h2-7H,1H3,(H2,15,16)/t7-/m1/s1. The van der Waals surface area contributed by atoms with Gasteiger partial charge in [-0.2, -0.15) is 0 Å². The van der Waals surface area contributed by atoms with E-state index in [4.69, 9.17) is 10.5 Å². The number of nitrogens with zero attached hydrogens (tertiary/aromatic N) is 2. The van der Waals surface area contributed by atoms with Gasteiger partial charge >= 0.3 is 0 Å². The van der Waals surface area contributed by atoms with E-state index in [0.29, 0.717) is 10.5 Å². The maximum atomic E-state index is 5.76. The number of halogens is 2. The van der Waals surface area contributed by atoms with Crippen molar-refractivity contribution >= 4 is 44.3 Å². The Hall–Kier alpha value is -0.890. The van der Waals surface area contributed by atoms with E-state index < -0.39 is 0 Å². The third kappa shape index (κ3) is 3.11. The van der Waals surface area contributed by atoms with Crippen LogP contribution in [0, 0.1) is 3.57 Å². The number of aromatic nitrogens is 2. The van der Waals surface area contributed by atoms with E-state index in [9.17, 15) is 0 Å². The summed E-state index contributed by atoms with van der Waals surface area (Å²) in [6.45, 7) is 1.96. The summed E-state index contributed by atoms with van der Waals surface area (Å²) in [5.74, 6) is 0.632. The molecule has 0 fully saturated rings. The van der Waals surface area contributed by atoms with Crippen molar-refractivity contribution in [1.29, 1.82) is 0 Å². The average Bonchev–Trinajstić information content (AvgIpc) is 2.34. The lowest BCUT2D eigenvalue weighted by Crippen LogP contribution is -2.08. The minimum atomic E-state index is -0.135. The van der Waals surface area contributed by atoms with E-state index in [0.717, 1.165) is 9.13 Å². The molecule has 6 heteroatoms. The summed E-state index contributed by atoms with van der Waals surface area (Å²) in [4.78, 5) is 8.16. The van der Waals surface area contributed by atoms with Crippen LogP contribution in [0.5, 0.6) is 5.88 Å². The quantitative estimate of drug-likeness (QED) is 0.772. The Morgan fingerprint density at radius 1 is 1.39 bits per heavy atom. The fraction of sp³-hybridized carbons (Fsp3) is 0.167. The lowest BCUT2D eigenvalue weighted by Gasteiger charge is -2.16. The van der Waals surface area contributed by atoms with Gasteiger partial charge in [-0.15, -0.1) is 0 Å². The van der Waals surface area contributed by atoms with Crippen LogP contribution < -0.4 is 10.5 Å². The molecule has 0 aliphatic rings. The van der Waals surface area contributed by atoms with Crippen molar-refractivity contribution in [2.24, 2.45) is 0 Å². The molecule has 0 amide bonds. The molecule has 4 nitrogen and oxygen atoms in total. The van der Waals surface area contributed by atoms with Gasteiger partial charge in [-0.05, 0) is 51.5 Å². The number of nitrogens with two attached hydrogens (primary N) is 1. The predicted molar refractivity (Wildman–Crippen MR) is 82.3 cm³/mol. The van der Waals surface area contributed by atoms with Crippen molar-refractivity contribution in [3.05, 3.63) is 44.2 Å². The lowest BCUT2D eigenvalue weighted by atomic mass is 10.1. The fourth-order valence-corrected chi connectivity index (χ4v) is 2.57. The maximum absolute atomic E-state index is 5.76. The minimum absolute atomic E-state index is 0.135. The van der Waals surface area contributed by atoms with Gasteiger partial charge in [0, 0.05) is 9.13 Å². The highest BCUT2D eigenvalue weighted by atomic mass is 127. The third-order valence-corrected chi connectivity index (χ3v) is 3.73. The molecule has 0 unspecified atom stereocenters. The summed E-state index contributed by atoms with van der Waals surface area (Å²) in [5.41, 5.74) is 6.83. The highest BCUT2D eigenvalue weighted by Gasteiger charge is 2.13. The molecular formula is C12H11BrIN3O. The molecule has 1 heterocycles. The predicted octanol–water partition coefficient (Wildman–Crippen LogP) is 3.57. The summed E-state index contributed by atoms with van der Waals surface area (Å²) in [6, 6.07) is 8.03. The summed E-state index contributed by atoms with van der Waals surface area (Å²) in [5, 5.41) is 0. The molecule has 2 aromatic rings. The second kappa shape index (κ2) is 5.83. The van der Waals surface area contributed by atoms with E-state index in [2.05, 4.69) is 48.5 Å². The number of hydrogen-bond acceptors (Lipinski definition) is 4. The van der Waals surface area contributed by atoms with Crippen molar-refractivity contribution < 1.29 is 4.74 Å². The first-order valence-electron chi connectivity index (χ1n) is 5.27. The van der Waals surface area contributed by atoms with Gasteiger partial charge in [0.05, 0.1) is 6.20 Å². The van der Waals surface area contributed by atoms with Crippen LogP contribution in [0.25, 0.3) is 0 Å². The Balaban J connectivity index is 2.24. The Kier molecular flexibility index (Phi) is 4.39. The van der Waals surface area contributed by atoms with E-state index in [-0.39, 0.29) is 11.9 Å². The molecular weight excluding hydrogens is 409 g/mol. The van der Waals surface area contributed by atoms with Crippen molar-refractivity contribution in [3.63, 3.8) is 0 Å². The fourth-order valence-electron chi connectivity index (χ4n) is 1.48. The number of hydrogen-bond donors (Lipinski definition) is 1. The number of ether oxygens (including phenoxy) is 1. The molecule has 0 spiro atoms. The Bertz CT molecular complexity index is 565. The summed E-state index contributed by atoms with van der Waals surface area (Å²) < 4.78 is 7.50. The number of rotatable bonds is 3. The smallest absolute Gasteiger partial charge is 0.258 e. The highest BCUT2D eigenvalue weighted by molar-refractivity contribution is 14.1. The Morgan fingerprint density at radius 2 is 2.11 bits per heavy atom. The van der Waals surface area contributed by atoms with Gasteiger partial charge in [0.15, 0.2) is 5.82 Å². The molecule has 0 radical (unpaired) electrons. The van der Waals surface area contributed by atoms with Gasteiger partial charge in [0.25, 0.3) is 5.88 Å². The second-order valence-electron chi connectivity index (χ2n) is 3.66. The molecule has 18 heavy (non-hydrogen) atoms. The SMILES string of the molecule is C[C@@H](Oc1nc(Br)cnc1N)c1ccccc1I. The molecule has 1 aromatic heterocycles. The molecule has 0 aliphatic carbocycles. The molecule has 2 rings (SSSR count). The van der Waals surface area contributed by atoms with Crippen molar-refractivity contribution in [3.8, 4) is 5.88 Å². The third-order valence-electron chi connectivity index (χ3n) is 2.37. The second-order valence-corrected chi connectivity index (χ2v) is 5.64. The van der Waals surface area contributed by atoms with Gasteiger partial charge in [-0.25, -0.2) is 9.97 Å². The zero-order valence-corrected chi connectivity index (χ0v) is 13.3. The van der Waals surface area contributed by atoms with Crippen molar-refractivity contribution in [1.82, 2.24) is 9.97 Å². The van der Waals surface area contributed by atoms with Gasteiger partial charge in [0.1, 0.15) is 10.7 Å². The van der Waals surface area contributed by atoms with Gasteiger partial charge in [-0.1, -0.05) is 18.2 Å². The van der Waals surface area contributed by atoms with Crippen LogP contribution in [0.2, 0.25) is 0 Å². The first kappa shape index (κ1) is 13.5. The van der Waals surface area contributed by atoms with Crippen LogP contribution in [0.4, 0.5) is 5.82 Å². The molecule has 0 aliphatic heterocycles. The molecule has 0 saturated heterocycles. The van der Waals surface area contributed by atoms with Crippen LogP contribution in [0.3, 0.4) is 0 Å². The van der Waals surface area contributed by atoms with Gasteiger partial charge in [0.2, 0.25) is 0 Å². The first-order chi connectivity index (χ1) is 8.58. The topological polar surface area (TPSA) is 61.0 Å². The normalized spacial score (nSPS) is 12.2. The van der Waals surface area contributed by atoms with Gasteiger partial charge < -0.3 is 10.5 Å². The zero-order chi connectivity index (χ0) is 13.1. The van der Waals surface area contributed by atoms with Crippen LogP contribution in [-0.2, 0) is 0 Å². The molecule has 0 saturated carbocycles. The Labute approximate surface area is 127 Å².